The van der Waals surface area contributed by atoms with E-state index in [2.05, 4.69) is 32.2 Å². The molecule has 4 rings (SSSR count). The van der Waals surface area contributed by atoms with Crippen molar-refractivity contribution in [2.75, 3.05) is 38.2 Å². The van der Waals surface area contributed by atoms with Gasteiger partial charge >= 0.3 is 0 Å². The lowest BCUT2D eigenvalue weighted by Gasteiger charge is -2.32. The Bertz CT molecular complexity index is 523. The third kappa shape index (κ3) is 2.27. The number of ether oxygens (including phenoxy) is 2. The van der Waals surface area contributed by atoms with Gasteiger partial charge < -0.3 is 19.7 Å². The molecule has 0 saturated carbocycles. The Morgan fingerprint density at radius 2 is 1.85 bits per heavy atom. The zero-order valence-corrected chi connectivity index (χ0v) is 13.0. The van der Waals surface area contributed by atoms with Gasteiger partial charge in [0, 0.05) is 35.7 Å². The molecule has 1 N–H and O–H groups in total. The lowest BCUT2D eigenvalue weighted by Crippen LogP contribution is -2.39. The lowest BCUT2D eigenvalue weighted by molar-refractivity contribution is 0.171. The standard InChI is InChI=1S/C15H19BrN2O2/c16-11-7-14-15(20-6-5-19-14)8-13(11)17-12-2-4-18-3-1-10(12)9-18/h7-8,10,12,17H,1-6,9H2. The van der Waals surface area contributed by atoms with Gasteiger partial charge in [-0.2, -0.15) is 0 Å². The fourth-order valence-electron chi connectivity index (χ4n) is 3.52. The van der Waals surface area contributed by atoms with Gasteiger partial charge in [0.2, 0.25) is 0 Å². The summed E-state index contributed by atoms with van der Waals surface area (Å²) in [5.41, 5.74) is 1.12. The van der Waals surface area contributed by atoms with Crippen LogP contribution in [-0.2, 0) is 0 Å². The van der Waals surface area contributed by atoms with E-state index in [1.807, 2.05) is 6.07 Å². The highest BCUT2D eigenvalue weighted by Gasteiger charge is 2.34. The highest BCUT2D eigenvalue weighted by molar-refractivity contribution is 9.10. The van der Waals surface area contributed by atoms with Gasteiger partial charge in [0.1, 0.15) is 13.2 Å². The molecule has 0 radical (unpaired) electrons. The molecule has 1 aromatic carbocycles. The Kier molecular flexibility index (Phi) is 3.27. The van der Waals surface area contributed by atoms with Gasteiger partial charge in [0.25, 0.3) is 0 Å². The number of nitrogens with one attached hydrogen (secondary N) is 1. The van der Waals surface area contributed by atoms with Gasteiger partial charge in [0.05, 0.1) is 5.69 Å². The van der Waals surface area contributed by atoms with E-state index in [9.17, 15) is 0 Å². The number of benzene rings is 1. The Hall–Kier alpha value is -0.940. The molecule has 2 bridgehead atoms. The zero-order valence-electron chi connectivity index (χ0n) is 11.4. The van der Waals surface area contributed by atoms with Crippen molar-refractivity contribution >= 4 is 21.6 Å². The van der Waals surface area contributed by atoms with Crippen LogP contribution in [0.3, 0.4) is 0 Å². The van der Waals surface area contributed by atoms with E-state index in [4.69, 9.17) is 9.47 Å². The minimum atomic E-state index is 0.576. The monoisotopic (exact) mass is 338 g/mol. The molecule has 4 nitrogen and oxygen atoms in total. The van der Waals surface area contributed by atoms with Gasteiger partial charge in [-0.25, -0.2) is 0 Å². The molecule has 3 aliphatic heterocycles. The SMILES string of the molecule is Brc1cc2c(cc1NC1CCN3CCC1C3)OCCO2. The number of hydrogen-bond donors (Lipinski definition) is 1. The maximum Gasteiger partial charge on any atom is 0.163 e. The van der Waals surface area contributed by atoms with E-state index in [1.165, 1.54) is 32.5 Å². The summed E-state index contributed by atoms with van der Waals surface area (Å²) in [7, 11) is 0. The first-order chi connectivity index (χ1) is 9.79. The summed E-state index contributed by atoms with van der Waals surface area (Å²) < 4.78 is 12.3. The summed E-state index contributed by atoms with van der Waals surface area (Å²) in [5.74, 6) is 2.47. The summed E-state index contributed by atoms with van der Waals surface area (Å²) in [4.78, 5) is 2.57. The third-order valence-electron chi connectivity index (χ3n) is 4.61. The van der Waals surface area contributed by atoms with Crippen molar-refractivity contribution in [3.8, 4) is 11.5 Å². The van der Waals surface area contributed by atoms with Crippen LogP contribution in [0.25, 0.3) is 0 Å². The normalized spacial score (nSPS) is 31.1. The minimum Gasteiger partial charge on any atom is -0.486 e. The molecule has 2 saturated heterocycles. The van der Waals surface area contributed by atoms with Crippen LogP contribution in [-0.4, -0.2) is 43.8 Å². The molecule has 0 amide bonds. The summed E-state index contributed by atoms with van der Waals surface area (Å²) in [6.45, 7) is 5.00. The van der Waals surface area contributed by atoms with Crippen LogP contribution in [0.5, 0.6) is 11.5 Å². The van der Waals surface area contributed by atoms with Crippen LogP contribution < -0.4 is 14.8 Å². The number of nitrogens with zero attached hydrogens (tertiary/aromatic N) is 1. The summed E-state index contributed by atoms with van der Waals surface area (Å²) in [6, 6.07) is 4.66. The Morgan fingerprint density at radius 3 is 2.70 bits per heavy atom. The topological polar surface area (TPSA) is 33.7 Å². The van der Waals surface area contributed by atoms with E-state index < -0.39 is 0 Å². The number of hydrogen-bond acceptors (Lipinski definition) is 4. The van der Waals surface area contributed by atoms with E-state index in [-0.39, 0.29) is 0 Å². The third-order valence-corrected chi connectivity index (χ3v) is 5.26. The van der Waals surface area contributed by atoms with Crippen LogP contribution in [0.1, 0.15) is 12.8 Å². The number of piperidine rings is 1. The molecule has 20 heavy (non-hydrogen) atoms. The molecule has 2 fully saturated rings. The second-order valence-corrected chi connectivity index (χ2v) is 6.72. The van der Waals surface area contributed by atoms with Crippen LogP contribution in [0.4, 0.5) is 5.69 Å². The fourth-order valence-corrected chi connectivity index (χ4v) is 3.95. The lowest BCUT2D eigenvalue weighted by atomic mass is 9.94. The molecule has 5 heteroatoms. The first-order valence-corrected chi connectivity index (χ1v) is 8.17. The van der Waals surface area contributed by atoms with Crippen molar-refractivity contribution < 1.29 is 9.47 Å². The van der Waals surface area contributed by atoms with Crippen molar-refractivity contribution in [1.82, 2.24) is 4.90 Å². The highest BCUT2D eigenvalue weighted by atomic mass is 79.9. The van der Waals surface area contributed by atoms with Crippen LogP contribution >= 0.6 is 15.9 Å². The average molecular weight is 339 g/mol. The largest absolute Gasteiger partial charge is 0.486 e. The maximum atomic E-state index is 5.68. The Balaban J connectivity index is 1.56. The highest BCUT2D eigenvalue weighted by Crippen LogP contribution is 2.39. The molecule has 1 aromatic rings. The van der Waals surface area contributed by atoms with E-state index in [0.29, 0.717) is 19.3 Å². The first kappa shape index (κ1) is 12.8. The van der Waals surface area contributed by atoms with Gasteiger partial charge in [-0.15, -0.1) is 0 Å². The molecular weight excluding hydrogens is 320 g/mol. The fraction of sp³-hybridized carbons (Fsp3) is 0.600. The van der Waals surface area contributed by atoms with Crippen molar-refractivity contribution in [3.05, 3.63) is 16.6 Å². The number of anilines is 1. The quantitative estimate of drug-likeness (QED) is 0.898. The van der Waals surface area contributed by atoms with Gasteiger partial charge in [-0.3, -0.25) is 0 Å². The molecule has 3 unspecified atom stereocenters. The molecule has 3 aliphatic rings. The van der Waals surface area contributed by atoms with Crippen LogP contribution in [0, 0.1) is 5.92 Å². The average Bonchev–Trinajstić information content (AvgIpc) is 2.85. The maximum absolute atomic E-state index is 5.68. The molecular formula is C15H19BrN2O2. The summed E-state index contributed by atoms with van der Waals surface area (Å²) >= 11 is 3.65. The van der Waals surface area contributed by atoms with E-state index in [0.717, 1.165) is 27.6 Å². The predicted molar refractivity (Wildman–Crippen MR) is 81.7 cm³/mol. The van der Waals surface area contributed by atoms with Crippen molar-refractivity contribution in [2.45, 2.75) is 18.9 Å². The minimum absolute atomic E-state index is 0.576. The predicted octanol–water partition coefficient (Wildman–Crippen LogP) is 2.73. The Labute approximate surface area is 127 Å². The number of fused-ring (bicyclic) bond motifs is 3. The van der Waals surface area contributed by atoms with E-state index >= 15 is 0 Å². The molecule has 0 spiro atoms. The van der Waals surface area contributed by atoms with Gasteiger partial charge in [-0.1, -0.05) is 0 Å². The zero-order chi connectivity index (χ0) is 13.5. The Morgan fingerprint density at radius 1 is 1.10 bits per heavy atom. The number of halogens is 1. The molecule has 3 atom stereocenters. The smallest absolute Gasteiger partial charge is 0.163 e. The van der Waals surface area contributed by atoms with Crippen LogP contribution in [0.15, 0.2) is 16.6 Å². The summed E-state index contributed by atoms with van der Waals surface area (Å²) in [5, 5.41) is 3.72. The van der Waals surface area contributed by atoms with E-state index in [1.54, 1.807) is 0 Å². The van der Waals surface area contributed by atoms with Crippen molar-refractivity contribution in [3.63, 3.8) is 0 Å². The van der Waals surface area contributed by atoms with Crippen LogP contribution in [0.2, 0.25) is 0 Å². The molecule has 3 heterocycles. The molecule has 0 aromatic heterocycles. The summed E-state index contributed by atoms with van der Waals surface area (Å²) in [6.07, 6.45) is 2.55. The first-order valence-electron chi connectivity index (χ1n) is 7.37. The molecule has 0 aliphatic carbocycles. The van der Waals surface area contributed by atoms with Crippen molar-refractivity contribution in [1.29, 1.82) is 0 Å². The molecule has 108 valence electrons. The van der Waals surface area contributed by atoms with Crippen molar-refractivity contribution in [2.24, 2.45) is 5.92 Å². The van der Waals surface area contributed by atoms with Gasteiger partial charge in [-0.05, 0) is 41.2 Å². The second kappa shape index (κ2) is 5.11. The second-order valence-electron chi connectivity index (χ2n) is 5.86. The number of rotatable bonds is 2. The van der Waals surface area contributed by atoms with Gasteiger partial charge in [0.15, 0.2) is 11.5 Å².